The molecule has 0 aliphatic carbocycles. The molecule has 2 aromatic heterocycles. The highest BCUT2D eigenvalue weighted by Crippen LogP contribution is 2.21. The summed E-state index contributed by atoms with van der Waals surface area (Å²) in [4.78, 5) is 35.5. The number of pyridine rings is 1. The zero-order chi connectivity index (χ0) is 15.1. The molecule has 0 amide bonds. The van der Waals surface area contributed by atoms with Crippen LogP contribution < -0.4 is 11.1 Å². The Hall–Kier alpha value is -2.89. The van der Waals surface area contributed by atoms with Gasteiger partial charge in [-0.1, -0.05) is 12.1 Å². The number of aromatic nitrogens is 1. The standard InChI is InChI=1S/C15H11NO5/c1-2-16-7-9(14(18)19)13(17)11-12(16)8-5-3-4-6-10(8)21-15(11)20/h3-7H,2H2,1H3,(H,18,19). The number of para-hydroxylation sites is 1. The van der Waals surface area contributed by atoms with Gasteiger partial charge in [-0.2, -0.15) is 0 Å². The van der Waals surface area contributed by atoms with Crippen molar-refractivity contribution in [3.63, 3.8) is 0 Å². The van der Waals surface area contributed by atoms with Gasteiger partial charge in [0.05, 0.1) is 5.52 Å². The Kier molecular flexibility index (Phi) is 2.86. The molecule has 0 saturated heterocycles. The van der Waals surface area contributed by atoms with Crippen molar-refractivity contribution in [2.45, 2.75) is 13.5 Å². The van der Waals surface area contributed by atoms with Crippen molar-refractivity contribution in [3.8, 4) is 0 Å². The Morgan fingerprint density at radius 3 is 2.67 bits per heavy atom. The van der Waals surface area contributed by atoms with Gasteiger partial charge < -0.3 is 14.1 Å². The van der Waals surface area contributed by atoms with Crippen molar-refractivity contribution in [3.05, 3.63) is 56.7 Å². The first-order valence-corrected chi connectivity index (χ1v) is 6.37. The Labute approximate surface area is 117 Å². The van der Waals surface area contributed by atoms with Gasteiger partial charge >= 0.3 is 11.6 Å². The van der Waals surface area contributed by atoms with E-state index < -0.39 is 22.6 Å². The highest BCUT2D eigenvalue weighted by molar-refractivity contribution is 6.03. The number of aryl methyl sites for hydroxylation is 1. The van der Waals surface area contributed by atoms with Crippen molar-refractivity contribution in [1.29, 1.82) is 0 Å². The van der Waals surface area contributed by atoms with E-state index in [0.717, 1.165) is 0 Å². The molecule has 0 spiro atoms. The first kappa shape index (κ1) is 13.1. The summed E-state index contributed by atoms with van der Waals surface area (Å²) in [5.41, 5.74) is -1.31. The smallest absolute Gasteiger partial charge is 0.349 e. The van der Waals surface area contributed by atoms with Gasteiger partial charge in [0, 0.05) is 18.1 Å². The molecular weight excluding hydrogens is 274 g/mol. The minimum atomic E-state index is -1.36. The third kappa shape index (κ3) is 1.84. The quantitative estimate of drug-likeness (QED) is 0.573. The van der Waals surface area contributed by atoms with Crippen LogP contribution in [0.3, 0.4) is 0 Å². The van der Waals surface area contributed by atoms with E-state index in [0.29, 0.717) is 23.0 Å². The van der Waals surface area contributed by atoms with Crippen molar-refractivity contribution < 1.29 is 14.3 Å². The van der Waals surface area contributed by atoms with Crippen LogP contribution in [0.2, 0.25) is 0 Å². The zero-order valence-electron chi connectivity index (χ0n) is 11.1. The fraction of sp³-hybridized carbons (Fsp3) is 0.133. The predicted molar refractivity (Wildman–Crippen MR) is 76.9 cm³/mol. The van der Waals surface area contributed by atoms with Crippen LogP contribution in [0.5, 0.6) is 0 Å². The van der Waals surface area contributed by atoms with Gasteiger partial charge in [-0.05, 0) is 19.1 Å². The fourth-order valence-electron chi connectivity index (χ4n) is 2.45. The molecule has 0 unspecified atom stereocenters. The monoisotopic (exact) mass is 285 g/mol. The summed E-state index contributed by atoms with van der Waals surface area (Å²) in [7, 11) is 0. The summed E-state index contributed by atoms with van der Waals surface area (Å²) in [6.07, 6.45) is 1.26. The SMILES string of the molecule is CCn1cc(C(=O)O)c(=O)c2c(=O)oc3ccccc3c21. The molecule has 0 aliphatic rings. The van der Waals surface area contributed by atoms with Crippen LogP contribution in [0.15, 0.2) is 44.5 Å². The molecule has 6 heteroatoms. The van der Waals surface area contributed by atoms with E-state index in [4.69, 9.17) is 9.52 Å². The molecule has 2 heterocycles. The van der Waals surface area contributed by atoms with Gasteiger partial charge in [0.2, 0.25) is 5.43 Å². The fourth-order valence-corrected chi connectivity index (χ4v) is 2.45. The second kappa shape index (κ2) is 4.59. The van der Waals surface area contributed by atoms with Crippen molar-refractivity contribution in [2.75, 3.05) is 0 Å². The summed E-state index contributed by atoms with van der Waals surface area (Å²) in [6, 6.07) is 6.84. The van der Waals surface area contributed by atoms with E-state index in [1.165, 1.54) is 6.20 Å². The second-order valence-electron chi connectivity index (χ2n) is 4.57. The molecule has 6 nitrogen and oxygen atoms in total. The molecule has 0 saturated carbocycles. The second-order valence-corrected chi connectivity index (χ2v) is 4.57. The Balaban J connectivity index is 2.70. The average Bonchev–Trinajstić information content (AvgIpc) is 2.46. The average molecular weight is 285 g/mol. The third-order valence-electron chi connectivity index (χ3n) is 3.40. The maximum atomic E-state index is 12.2. The first-order valence-electron chi connectivity index (χ1n) is 6.37. The zero-order valence-corrected chi connectivity index (χ0v) is 11.1. The number of fused-ring (bicyclic) bond motifs is 3. The first-order chi connectivity index (χ1) is 10.0. The van der Waals surface area contributed by atoms with E-state index in [1.54, 1.807) is 35.8 Å². The van der Waals surface area contributed by atoms with E-state index in [9.17, 15) is 14.4 Å². The third-order valence-corrected chi connectivity index (χ3v) is 3.40. The molecule has 21 heavy (non-hydrogen) atoms. The van der Waals surface area contributed by atoms with Crippen LogP contribution in [0, 0.1) is 0 Å². The lowest BCUT2D eigenvalue weighted by Crippen LogP contribution is -2.23. The van der Waals surface area contributed by atoms with Crippen molar-refractivity contribution in [2.24, 2.45) is 0 Å². The Morgan fingerprint density at radius 2 is 2.00 bits per heavy atom. The van der Waals surface area contributed by atoms with Crippen molar-refractivity contribution in [1.82, 2.24) is 4.57 Å². The van der Waals surface area contributed by atoms with Gasteiger partial charge in [0.1, 0.15) is 16.5 Å². The molecule has 106 valence electrons. The largest absolute Gasteiger partial charge is 0.477 e. The number of carboxylic acids is 1. The van der Waals surface area contributed by atoms with E-state index in [2.05, 4.69) is 0 Å². The molecule has 0 fully saturated rings. The topological polar surface area (TPSA) is 89.5 Å². The molecule has 0 radical (unpaired) electrons. The van der Waals surface area contributed by atoms with Gasteiger partial charge in [-0.3, -0.25) is 4.79 Å². The highest BCUT2D eigenvalue weighted by Gasteiger charge is 2.19. The van der Waals surface area contributed by atoms with Crippen LogP contribution in [-0.2, 0) is 6.54 Å². The van der Waals surface area contributed by atoms with Gasteiger partial charge in [-0.25, -0.2) is 9.59 Å². The maximum Gasteiger partial charge on any atom is 0.349 e. The number of hydrogen-bond acceptors (Lipinski definition) is 4. The molecule has 3 aromatic rings. The lowest BCUT2D eigenvalue weighted by molar-refractivity contribution is 0.0695. The molecule has 0 aliphatic heterocycles. The number of carboxylic acid groups (broad SMARTS) is 1. The normalized spacial score (nSPS) is 11.1. The molecule has 1 aromatic carbocycles. The van der Waals surface area contributed by atoms with E-state index in [1.807, 2.05) is 0 Å². The number of nitrogens with zero attached hydrogens (tertiary/aromatic N) is 1. The number of carbonyl (C=O) groups is 1. The minimum absolute atomic E-state index is 0.226. The summed E-state index contributed by atoms with van der Waals surface area (Å²) in [5, 5.41) is 9.48. The molecule has 1 N–H and O–H groups in total. The lowest BCUT2D eigenvalue weighted by atomic mass is 10.1. The van der Waals surface area contributed by atoms with E-state index in [-0.39, 0.29) is 5.39 Å². The van der Waals surface area contributed by atoms with Crippen LogP contribution in [0.25, 0.3) is 21.9 Å². The number of aromatic carboxylic acids is 1. The van der Waals surface area contributed by atoms with Crippen molar-refractivity contribution >= 4 is 27.8 Å². The van der Waals surface area contributed by atoms with Gasteiger partial charge in [-0.15, -0.1) is 0 Å². The van der Waals surface area contributed by atoms with Crippen LogP contribution >= 0.6 is 0 Å². The van der Waals surface area contributed by atoms with Crippen LogP contribution in [0.4, 0.5) is 0 Å². The highest BCUT2D eigenvalue weighted by atomic mass is 16.4. The van der Waals surface area contributed by atoms with E-state index >= 15 is 0 Å². The molecule has 3 rings (SSSR count). The molecule has 0 bridgehead atoms. The summed E-state index contributed by atoms with van der Waals surface area (Å²) in [5.74, 6) is -1.36. The Morgan fingerprint density at radius 1 is 1.29 bits per heavy atom. The number of benzene rings is 1. The lowest BCUT2D eigenvalue weighted by Gasteiger charge is -2.11. The number of hydrogen-bond donors (Lipinski definition) is 1. The predicted octanol–water partition coefficient (Wildman–Crippen LogP) is 1.83. The maximum absolute atomic E-state index is 12.2. The van der Waals surface area contributed by atoms with Crippen LogP contribution in [-0.4, -0.2) is 15.6 Å². The summed E-state index contributed by atoms with van der Waals surface area (Å²) in [6.45, 7) is 2.23. The van der Waals surface area contributed by atoms with Crippen LogP contribution in [0.1, 0.15) is 17.3 Å². The summed E-state index contributed by atoms with van der Waals surface area (Å²) < 4.78 is 6.71. The molecule has 0 atom stereocenters. The Bertz CT molecular complexity index is 997. The minimum Gasteiger partial charge on any atom is -0.477 e. The van der Waals surface area contributed by atoms with Gasteiger partial charge in [0.25, 0.3) is 0 Å². The molecular formula is C15H11NO5. The number of rotatable bonds is 2. The summed E-state index contributed by atoms with van der Waals surface area (Å²) >= 11 is 0. The van der Waals surface area contributed by atoms with Gasteiger partial charge in [0.15, 0.2) is 0 Å².